The lowest BCUT2D eigenvalue weighted by atomic mass is 10.2. The number of carbonyl (C=O) groups excluding carboxylic acids is 1. The van der Waals surface area contributed by atoms with Gasteiger partial charge in [0.05, 0.1) is 18.2 Å². The predicted molar refractivity (Wildman–Crippen MR) is 55.3 cm³/mol. The summed E-state index contributed by atoms with van der Waals surface area (Å²) in [6, 6.07) is 8.86. The summed E-state index contributed by atoms with van der Waals surface area (Å²) in [6.07, 6.45) is 0. The predicted octanol–water partition coefficient (Wildman–Crippen LogP) is 1.07. The first kappa shape index (κ1) is 11.1. The Bertz CT molecular complexity index is 365. The van der Waals surface area contributed by atoms with Crippen LogP contribution in [0.5, 0.6) is 5.75 Å². The molecule has 1 N–H and O–H groups in total. The summed E-state index contributed by atoms with van der Waals surface area (Å²) >= 11 is 0. The standard InChI is InChI=1S/C11H12N2O2/c1-9(14)13-6-7-15-11-4-2-10(8-12)3-5-11/h2-5H,6-7H2,1H3,(H,13,14). The summed E-state index contributed by atoms with van der Waals surface area (Å²) in [5.74, 6) is 0.623. The molecule has 0 saturated heterocycles. The van der Waals surface area contributed by atoms with Crippen molar-refractivity contribution in [3.63, 3.8) is 0 Å². The SMILES string of the molecule is CC(=O)NCCOc1ccc(C#N)cc1. The van der Waals surface area contributed by atoms with Crippen molar-refractivity contribution in [2.24, 2.45) is 0 Å². The molecule has 0 aromatic heterocycles. The van der Waals surface area contributed by atoms with Crippen molar-refractivity contribution in [1.82, 2.24) is 5.32 Å². The number of hydrogen-bond donors (Lipinski definition) is 1. The monoisotopic (exact) mass is 204 g/mol. The molecule has 1 aromatic carbocycles. The quantitative estimate of drug-likeness (QED) is 0.746. The van der Waals surface area contributed by atoms with Gasteiger partial charge in [-0.2, -0.15) is 5.26 Å². The highest BCUT2D eigenvalue weighted by molar-refractivity contribution is 5.72. The first-order valence-corrected chi connectivity index (χ1v) is 4.60. The molecular formula is C11H12N2O2. The molecule has 0 aliphatic carbocycles. The minimum Gasteiger partial charge on any atom is -0.492 e. The van der Waals surface area contributed by atoms with Crippen LogP contribution in [0.3, 0.4) is 0 Å². The van der Waals surface area contributed by atoms with Crippen LogP contribution in [0.2, 0.25) is 0 Å². The average molecular weight is 204 g/mol. The Balaban J connectivity index is 2.32. The van der Waals surface area contributed by atoms with Gasteiger partial charge in [0.15, 0.2) is 0 Å². The third-order valence-electron chi connectivity index (χ3n) is 1.73. The van der Waals surface area contributed by atoms with Gasteiger partial charge < -0.3 is 10.1 Å². The fourth-order valence-electron chi connectivity index (χ4n) is 1.02. The molecule has 1 aromatic rings. The molecule has 0 bridgehead atoms. The Kier molecular flexibility index (Phi) is 4.17. The summed E-state index contributed by atoms with van der Waals surface area (Å²) in [5, 5.41) is 11.2. The number of benzene rings is 1. The van der Waals surface area contributed by atoms with E-state index in [1.54, 1.807) is 24.3 Å². The lowest BCUT2D eigenvalue weighted by Gasteiger charge is -2.05. The van der Waals surface area contributed by atoms with E-state index in [4.69, 9.17) is 10.00 Å². The molecule has 0 unspecified atom stereocenters. The number of rotatable bonds is 4. The van der Waals surface area contributed by atoms with E-state index in [0.717, 1.165) is 0 Å². The van der Waals surface area contributed by atoms with Crippen LogP contribution >= 0.6 is 0 Å². The lowest BCUT2D eigenvalue weighted by Crippen LogP contribution is -2.25. The molecule has 1 amide bonds. The zero-order valence-corrected chi connectivity index (χ0v) is 8.49. The van der Waals surface area contributed by atoms with Crippen LogP contribution in [0, 0.1) is 11.3 Å². The number of amides is 1. The van der Waals surface area contributed by atoms with Crippen LogP contribution in [0.25, 0.3) is 0 Å². The van der Waals surface area contributed by atoms with Gasteiger partial charge >= 0.3 is 0 Å². The molecular weight excluding hydrogens is 192 g/mol. The topological polar surface area (TPSA) is 62.1 Å². The molecule has 0 radical (unpaired) electrons. The second-order valence-electron chi connectivity index (χ2n) is 2.97. The van der Waals surface area contributed by atoms with E-state index in [9.17, 15) is 4.79 Å². The van der Waals surface area contributed by atoms with Gasteiger partial charge in [0.25, 0.3) is 0 Å². The van der Waals surface area contributed by atoms with Crippen molar-refractivity contribution in [2.45, 2.75) is 6.92 Å². The fraction of sp³-hybridized carbons (Fsp3) is 0.273. The van der Waals surface area contributed by atoms with Crippen molar-refractivity contribution in [1.29, 1.82) is 5.26 Å². The van der Waals surface area contributed by atoms with E-state index in [0.29, 0.717) is 24.5 Å². The van der Waals surface area contributed by atoms with E-state index in [2.05, 4.69) is 5.32 Å². The number of ether oxygens (including phenoxy) is 1. The Morgan fingerprint density at radius 2 is 2.13 bits per heavy atom. The average Bonchev–Trinajstić information content (AvgIpc) is 2.25. The Morgan fingerprint density at radius 3 is 2.67 bits per heavy atom. The highest BCUT2D eigenvalue weighted by Crippen LogP contribution is 2.10. The number of carbonyl (C=O) groups is 1. The molecule has 4 nitrogen and oxygen atoms in total. The van der Waals surface area contributed by atoms with Crippen molar-refractivity contribution in [3.8, 4) is 11.8 Å². The molecule has 78 valence electrons. The molecule has 0 fully saturated rings. The number of hydrogen-bond acceptors (Lipinski definition) is 3. The van der Waals surface area contributed by atoms with Crippen LogP contribution < -0.4 is 10.1 Å². The van der Waals surface area contributed by atoms with E-state index in [1.165, 1.54) is 6.92 Å². The highest BCUT2D eigenvalue weighted by Gasteiger charge is 1.95. The Morgan fingerprint density at radius 1 is 1.47 bits per heavy atom. The number of nitriles is 1. The summed E-state index contributed by atoms with van der Waals surface area (Å²) in [4.78, 5) is 10.5. The van der Waals surface area contributed by atoms with E-state index >= 15 is 0 Å². The zero-order valence-electron chi connectivity index (χ0n) is 8.49. The van der Waals surface area contributed by atoms with Crippen molar-refractivity contribution in [2.75, 3.05) is 13.2 Å². The van der Waals surface area contributed by atoms with E-state index < -0.39 is 0 Å². The fourth-order valence-corrected chi connectivity index (χ4v) is 1.02. The van der Waals surface area contributed by atoms with Gasteiger partial charge in [-0.1, -0.05) is 0 Å². The smallest absolute Gasteiger partial charge is 0.216 e. The van der Waals surface area contributed by atoms with Gasteiger partial charge in [-0.05, 0) is 24.3 Å². The van der Waals surface area contributed by atoms with Gasteiger partial charge in [0, 0.05) is 6.92 Å². The third kappa shape index (κ3) is 4.14. The molecule has 0 saturated carbocycles. The largest absolute Gasteiger partial charge is 0.492 e. The van der Waals surface area contributed by atoms with E-state index in [-0.39, 0.29) is 5.91 Å². The maximum atomic E-state index is 10.5. The maximum Gasteiger partial charge on any atom is 0.216 e. The van der Waals surface area contributed by atoms with Crippen LogP contribution in [0.15, 0.2) is 24.3 Å². The molecule has 0 aliphatic heterocycles. The summed E-state index contributed by atoms with van der Waals surface area (Å²) in [6.45, 7) is 2.36. The zero-order chi connectivity index (χ0) is 11.1. The molecule has 4 heteroatoms. The summed E-state index contributed by atoms with van der Waals surface area (Å²) < 4.78 is 5.33. The van der Waals surface area contributed by atoms with Gasteiger partial charge in [-0.3, -0.25) is 4.79 Å². The normalized spacial score (nSPS) is 9.07. The molecule has 1 rings (SSSR count). The van der Waals surface area contributed by atoms with Gasteiger partial charge in [0.1, 0.15) is 12.4 Å². The highest BCUT2D eigenvalue weighted by atomic mass is 16.5. The first-order chi connectivity index (χ1) is 7.22. The minimum atomic E-state index is -0.0709. The number of nitrogens with zero attached hydrogens (tertiary/aromatic N) is 1. The van der Waals surface area contributed by atoms with Crippen molar-refractivity contribution < 1.29 is 9.53 Å². The van der Waals surface area contributed by atoms with Crippen LogP contribution in [0.1, 0.15) is 12.5 Å². The molecule has 0 aliphatic rings. The summed E-state index contributed by atoms with van der Waals surface area (Å²) in [5.41, 5.74) is 0.601. The molecule has 15 heavy (non-hydrogen) atoms. The first-order valence-electron chi connectivity index (χ1n) is 4.60. The van der Waals surface area contributed by atoms with E-state index in [1.807, 2.05) is 6.07 Å². The van der Waals surface area contributed by atoms with Crippen LogP contribution in [-0.2, 0) is 4.79 Å². The minimum absolute atomic E-state index is 0.0709. The molecule has 0 spiro atoms. The van der Waals surface area contributed by atoms with Crippen molar-refractivity contribution >= 4 is 5.91 Å². The van der Waals surface area contributed by atoms with Crippen LogP contribution in [0.4, 0.5) is 0 Å². The van der Waals surface area contributed by atoms with Crippen LogP contribution in [-0.4, -0.2) is 19.1 Å². The maximum absolute atomic E-state index is 10.5. The lowest BCUT2D eigenvalue weighted by molar-refractivity contribution is -0.119. The van der Waals surface area contributed by atoms with Gasteiger partial charge in [-0.15, -0.1) is 0 Å². The van der Waals surface area contributed by atoms with Crippen molar-refractivity contribution in [3.05, 3.63) is 29.8 Å². The summed E-state index contributed by atoms with van der Waals surface area (Å²) in [7, 11) is 0. The third-order valence-corrected chi connectivity index (χ3v) is 1.73. The second kappa shape index (κ2) is 5.66. The Labute approximate surface area is 88.5 Å². The second-order valence-corrected chi connectivity index (χ2v) is 2.97. The van der Waals surface area contributed by atoms with Gasteiger partial charge in [0.2, 0.25) is 5.91 Å². The van der Waals surface area contributed by atoms with Gasteiger partial charge in [-0.25, -0.2) is 0 Å². The molecule has 0 atom stereocenters. The number of nitrogens with one attached hydrogen (secondary N) is 1. The Hall–Kier alpha value is -2.02. The molecule has 0 heterocycles.